The van der Waals surface area contributed by atoms with Crippen LogP contribution in [0.4, 0.5) is 30.6 Å². The first-order valence-electron chi connectivity index (χ1n) is 8.35. The Morgan fingerprint density at radius 3 is 2.56 bits per heavy atom. The van der Waals surface area contributed by atoms with Crippen LogP contribution in [0, 0.1) is 5.92 Å². The van der Waals surface area contributed by atoms with Crippen LogP contribution < -0.4 is 10.6 Å². The average molecular weight is 352 g/mol. The van der Waals surface area contributed by atoms with Crippen LogP contribution >= 0.6 is 0 Å². The standard InChI is InChI=1S/C16H19F3N6/c1-8-5-12(8)25-7-11(13(24-25)9-3-4-9)22-15-21-6-10(16(17,18)19)14(20-2)23-15/h6-9,12H,3-5H2,1-2H3,(H2,20,21,22,23)/t8-,12+/m1/s1. The molecule has 0 amide bonds. The van der Waals surface area contributed by atoms with E-state index in [-0.39, 0.29) is 11.8 Å². The molecule has 0 unspecified atom stereocenters. The molecular formula is C16H19F3N6. The second kappa shape index (κ2) is 5.60. The van der Waals surface area contributed by atoms with Crippen molar-refractivity contribution in [1.29, 1.82) is 0 Å². The van der Waals surface area contributed by atoms with E-state index in [0.717, 1.165) is 36.8 Å². The first kappa shape index (κ1) is 16.2. The van der Waals surface area contributed by atoms with Gasteiger partial charge in [-0.1, -0.05) is 6.92 Å². The predicted octanol–water partition coefficient (Wildman–Crippen LogP) is 3.94. The summed E-state index contributed by atoms with van der Waals surface area (Å²) in [7, 11) is 1.41. The highest BCUT2D eigenvalue weighted by Gasteiger charge is 2.38. The van der Waals surface area contributed by atoms with Gasteiger partial charge in [-0.25, -0.2) is 4.98 Å². The fraction of sp³-hybridized carbons (Fsp3) is 0.562. The molecule has 2 atom stereocenters. The van der Waals surface area contributed by atoms with Crippen molar-refractivity contribution in [2.75, 3.05) is 17.7 Å². The number of hydrogen-bond donors (Lipinski definition) is 2. The van der Waals surface area contributed by atoms with E-state index >= 15 is 0 Å². The van der Waals surface area contributed by atoms with Crippen molar-refractivity contribution in [2.45, 2.75) is 44.3 Å². The Morgan fingerprint density at radius 1 is 1.28 bits per heavy atom. The molecule has 0 spiro atoms. The Morgan fingerprint density at radius 2 is 2.00 bits per heavy atom. The summed E-state index contributed by atoms with van der Waals surface area (Å²) in [5.41, 5.74) is 0.850. The summed E-state index contributed by atoms with van der Waals surface area (Å²) < 4.78 is 40.8. The van der Waals surface area contributed by atoms with Crippen molar-refractivity contribution in [3.05, 3.63) is 23.7 Å². The minimum Gasteiger partial charge on any atom is -0.372 e. The zero-order chi connectivity index (χ0) is 17.8. The second-order valence-corrected chi connectivity index (χ2v) is 6.79. The quantitative estimate of drug-likeness (QED) is 0.853. The lowest BCUT2D eigenvalue weighted by Crippen LogP contribution is -2.12. The van der Waals surface area contributed by atoms with E-state index in [1.807, 2.05) is 10.9 Å². The van der Waals surface area contributed by atoms with E-state index in [1.54, 1.807) is 0 Å². The van der Waals surface area contributed by atoms with Crippen LogP contribution in [0.1, 0.15) is 49.4 Å². The molecule has 134 valence electrons. The lowest BCUT2D eigenvalue weighted by atomic mass is 10.2. The van der Waals surface area contributed by atoms with Crippen molar-refractivity contribution >= 4 is 17.5 Å². The lowest BCUT2D eigenvalue weighted by Gasteiger charge is -2.12. The van der Waals surface area contributed by atoms with Crippen molar-refractivity contribution in [3.63, 3.8) is 0 Å². The van der Waals surface area contributed by atoms with Gasteiger partial charge in [0.25, 0.3) is 0 Å². The number of nitrogens with zero attached hydrogens (tertiary/aromatic N) is 4. The maximum Gasteiger partial charge on any atom is 0.421 e. The molecule has 2 aliphatic carbocycles. The number of nitrogens with one attached hydrogen (secondary N) is 2. The molecule has 2 aromatic heterocycles. The van der Waals surface area contributed by atoms with Crippen LogP contribution in [0.3, 0.4) is 0 Å². The Kier molecular flexibility index (Phi) is 3.62. The highest BCUT2D eigenvalue weighted by Crippen LogP contribution is 2.47. The number of anilines is 3. The number of aromatic nitrogens is 4. The largest absolute Gasteiger partial charge is 0.421 e. The highest BCUT2D eigenvalue weighted by molar-refractivity contribution is 5.59. The molecule has 4 rings (SSSR count). The van der Waals surface area contributed by atoms with Gasteiger partial charge in [0, 0.05) is 25.4 Å². The second-order valence-electron chi connectivity index (χ2n) is 6.79. The van der Waals surface area contributed by atoms with Crippen LogP contribution in [0.2, 0.25) is 0 Å². The van der Waals surface area contributed by atoms with Crippen LogP contribution in [0.25, 0.3) is 0 Å². The first-order chi connectivity index (χ1) is 11.9. The molecule has 25 heavy (non-hydrogen) atoms. The minimum absolute atomic E-state index is 0.127. The third-order valence-electron chi connectivity index (χ3n) is 4.71. The molecule has 0 saturated heterocycles. The fourth-order valence-corrected chi connectivity index (χ4v) is 2.96. The molecule has 2 aliphatic rings. The van der Waals surface area contributed by atoms with Gasteiger partial charge in [0.05, 0.1) is 17.4 Å². The summed E-state index contributed by atoms with van der Waals surface area (Å²) in [5.74, 6) is 0.901. The molecule has 2 saturated carbocycles. The third-order valence-corrected chi connectivity index (χ3v) is 4.71. The van der Waals surface area contributed by atoms with Gasteiger partial charge in [-0.2, -0.15) is 23.3 Å². The monoisotopic (exact) mass is 352 g/mol. The van der Waals surface area contributed by atoms with Gasteiger partial charge in [0.15, 0.2) is 0 Å². The van der Waals surface area contributed by atoms with Crippen molar-refractivity contribution in [2.24, 2.45) is 5.92 Å². The van der Waals surface area contributed by atoms with Gasteiger partial charge in [0.2, 0.25) is 5.95 Å². The molecule has 2 heterocycles. The summed E-state index contributed by atoms with van der Waals surface area (Å²) in [4.78, 5) is 7.80. The van der Waals surface area contributed by atoms with Crippen LogP contribution in [0.5, 0.6) is 0 Å². The molecule has 6 nitrogen and oxygen atoms in total. The molecule has 2 aromatic rings. The molecule has 9 heteroatoms. The number of hydrogen-bond acceptors (Lipinski definition) is 5. The minimum atomic E-state index is -4.50. The summed E-state index contributed by atoms with van der Waals surface area (Å²) in [6.45, 7) is 2.18. The van der Waals surface area contributed by atoms with Crippen LogP contribution in [-0.4, -0.2) is 26.8 Å². The zero-order valence-electron chi connectivity index (χ0n) is 13.9. The molecule has 0 aliphatic heterocycles. The lowest BCUT2D eigenvalue weighted by molar-refractivity contribution is -0.137. The third kappa shape index (κ3) is 3.14. The summed E-state index contributed by atoms with van der Waals surface area (Å²) >= 11 is 0. The van der Waals surface area contributed by atoms with Crippen LogP contribution in [0.15, 0.2) is 12.4 Å². The summed E-state index contributed by atoms with van der Waals surface area (Å²) in [6.07, 6.45) is 1.49. The topological polar surface area (TPSA) is 67.7 Å². The normalized spacial score (nSPS) is 22.8. The van der Waals surface area contributed by atoms with Crippen molar-refractivity contribution < 1.29 is 13.2 Å². The molecule has 0 aromatic carbocycles. The van der Waals surface area contributed by atoms with E-state index in [0.29, 0.717) is 17.9 Å². The smallest absolute Gasteiger partial charge is 0.372 e. The van der Waals surface area contributed by atoms with E-state index in [4.69, 9.17) is 0 Å². The zero-order valence-corrected chi connectivity index (χ0v) is 13.9. The van der Waals surface area contributed by atoms with Gasteiger partial charge in [-0.05, 0) is 25.2 Å². The Hall–Kier alpha value is -2.32. The number of halogens is 3. The highest BCUT2D eigenvalue weighted by atomic mass is 19.4. The molecule has 0 radical (unpaired) electrons. The van der Waals surface area contributed by atoms with Crippen molar-refractivity contribution in [3.8, 4) is 0 Å². The number of alkyl halides is 3. The SMILES string of the molecule is CNc1nc(Nc2cn([C@H]3C[C@H]3C)nc2C2CC2)ncc1C(F)(F)F. The Bertz CT molecular complexity index is 796. The van der Waals surface area contributed by atoms with Gasteiger partial charge >= 0.3 is 6.18 Å². The van der Waals surface area contributed by atoms with E-state index in [2.05, 4.69) is 32.6 Å². The van der Waals surface area contributed by atoms with E-state index in [9.17, 15) is 13.2 Å². The van der Waals surface area contributed by atoms with E-state index in [1.165, 1.54) is 7.05 Å². The Labute approximate surface area is 142 Å². The molecule has 2 fully saturated rings. The fourth-order valence-electron chi connectivity index (χ4n) is 2.96. The maximum absolute atomic E-state index is 13.0. The number of rotatable bonds is 5. The average Bonchev–Trinajstić information content (AvgIpc) is 3.47. The maximum atomic E-state index is 13.0. The first-order valence-corrected chi connectivity index (χ1v) is 8.35. The van der Waals surface area contributed by atoms with Crippen LogP contribution in [-0.2, 0) is 6.18 Å². The van der Waals surface area contributed by atoms with Gasteiger partial charge in [0.1, 0.15) is 11.4 Å². The molecule has 2 N–H and O–H groups in total. The van der Waals surface area contributed by atoms with E-state index < -0.39 is 11.7 Å². The molecular weight excluding hydrogens is 333 g/mol. The van der Waals surface area contributed by atoms with Gasteiger partial charge < -0.3 is 10.6 Å². The predicted molar refractivity (Wildman–Crippen MR) is 86.9 cm³/mol. The molecule has 0 bridgehead atoms. The summed E-state index contributed by atoms with van der Waals surface area (Å²) in [6, 6.07) is 0.412. The Balaban J connectivity index is 1.63. The summed E-state index contributed by atoms with van der Waals surface area (Å²) in [5, 5.41) is 10.2. The van der Waals surface area contributed by atoms with Crippen molar-refractivity contribution in [1.82, 2.24) is 19.7 Å². The van der Waals surface area contributed by atoms with Gasteiger partial charge in [-0.15, -0.1) is 0 Å². The van der Waals surface area contributed by atoms with Gasteiger partial charge in [-0.3, -0.25) is 4.68 Å².